The van der Waals surface area contributed by atoms with Gasteiger partial charge in [-0.1, -0.05) is 285 Å². The molecule has 6 nitrogen and oxygen atoms in total. The first-order valence-electron chi connectivity index (χ1n) is 28.7. The number of ether oxygens (including phenoxy) is 3. The summed E-state index contributed by atoms with van der Waals surface area (Å²) in [6, 6.07) is 0. The van der Waals surface area contributed by atoms with Crippen molar-refractivity contribution in [2.45, 2.75) is 330 Å². The van der Waals surface area contributed by atoms with Gasteiger partial charge in [-0.2, -0.15) is 0 Å². The Bertz CT molecular complexity index is 978. The molecule has 0 spiro atoms. The van der Waals surface area contributed by atoms with Crippen LogP contribution in [0.3, 0.4) is 0 Å². The van der Waals surface area contributed by atoms with Crippen LogP contribution in [0, 0.1) is 11.8 Å². The topological polar surface area (TPSA) is 78.9 Å². The van der Waals surface area contributed by atoms with Gasteiger partial charge in [0.15, 0.2) is 6.10 Å². The molecule has 0 aromatic carbocycles. The Balaban J connectivity index is 4.24. The van der Waals surface area contributed by atoms with Crippen LogP contribution in [0.1, 0.15) is 324 Å². The second-order valence-electron chi connectivity index (χ2n) is 20.9. The summed E-state index contributed by atoms with van der Waals surface area (Å²) in [4.78, 5) is 38.1. The monoisotopic (exact) mass is 905 g/mol. The first kappa shape index (κ1) is 62.4. The van der Waals surface area contributed by atoms with E-state index in [4.69, 9.17) is 14.2 Å². The molecule has 0 aromatic rings. The third-order valence-corrected chi connectivity index (χ3v) is 13.2. The molecule has 0 aliphatic carbocycles. The van der Waals surface area contributed by atoms with Gasteiger partial charge in [0.2, 0.25) is 0 Å². The highest BCUT2D eigenvalue weighted by atomic mass is 16.6. The third-order valence-electron chi connectivity index (χ3n) is 13.2. The Labute approximate surface area is 399 Å². The lowest BCUT2D eigenvalue weighted by atomic mass is 10.0. The van der Waals surface area contributed by atoms with Gasteiger partial charge in [0.1, 0.15) is 13.2 Å². The van der Waals surface area contributed by atoms with Crippen LogP contribution >= 0.6 is 0 Å². The third kappa shape index (κ3) is 51.4. The maximum absolute atomic E-state index is 12.8. The quantitative estimate of drug-likeness (QED) is 0.0344. The molecule has 0 aromatic heterocycles. The lowest BCUT2D eigenvalue weighted by Gasteiger charge is -2.18. The minimum atomic E-state index is -0.762. The second kappa shape index (κ2) is 50.8. The Morgan fingerprint density at radius 2 is 0.516 bits per heavy atom. The van der Waals surface area contributed by atoms with Crippen molar-refractivity contribution in [2.75, 3.05) is 13.2 Å². The van der Waals surface area contributed by atoms with E-state index in [1.807, 2.05) is 0 Å². The van der Waals surface area contributed by atoms with E-state index in [9.17, 15) is 14.4 Å². The van der Waals surface area contributed by atoms with Gasteiger partial charge in [0.05, 0.1) is 0 Å². The molecule has 0 rings (SSSR count). The Morgan fingerprint density at radius 1 is 0.297 bits per heavy atom. The molecule has 0 heterocycles. The van der Waals surface area contributed by atoms with Crippen molar-refractivity contribution in [1.82, 2.24) is 0 Å². The van der Waals surface area contributed by atoms with Crippen molar-refractivity contribution in [3.63, 3.8) is 0 Å². The van der Waals surface area contributed by atoms with Crippen LogP contribution in [0.25, 0.3) is 0 Å². The Kier molecular flexibility index (Phi) is 49.6. The first-order valence-corrected chi connectivity index (χ1v) is 28.7. The van der Waals surface area contributed by atoms with Crippen molar-refractivity contribution < 1.29 is 28.6 Å². The van der Waals surface area contributed by atoms with Crippen molar-refractivity contribution in [3.05, 3.63) is 0 Å². The molecular weight excluding hydrogens is 793 g/mol. The maximum Gasteiger partial charge on any atom is 0.306 e. The minimum absolute atomic E-state index is 0.0630. The second-order valence-corrected chi connectivity index (χ2v) is 20.9. The van der Waals surface area contributed by atoms with E-state index in [0.717, 1.165) is 69.6 Å². The average molecular weight is 906 g/mol. The Morgan fingerprint density at radius 3 is 0.766 bits per heavy atom. The summed E-state index contributed by atoms with van der Waals surface area (Å²) in [6.07, 6.45) is 53.8. The zero-order valence-corrected chi connectivity index (χ0v) is 43.9. The van der Waals surface area contributed by atoms with E-state index < -0.39 is 6.10 Å². The van der Waals surface area contributed by atoms with E-state index in [2.05, 4.69) is 34.6 Å². The number of carbonyl (C=O) groups excluding carboxylic acids is 3. The molecule has 1 atom stereocenters. The summed E-state index contributed by atoms with van der Waals surface area (Å²) in [5.41, 5.74) is 0. The van der Waals surface area contributed by atoms with Gasteiger partial charge in [0, 0.05) is 19.3 Å². The van der Waals surface area contributed by atoms with Gasteiger partial charge in [-0.25, -0.2) is 0 Å². The lowest BCUT2D eigenvalue weighted by molar-refractivity contribution is -0.167. The minimum Gasteiger partial charge on any atom is -0.462 e. The van der Waals surface area contributed by atoms with Crippen LogP contribution in [0.15, 0.2) is 0 Å². The number of carbonyl (C=O) groups is 3. The Hall–Kier alpha value is -1.59. The predicted molar refractivity (Wildman–Crippen MR) is 275 cm³/mol. The van der Waals surface area contributed by atoms with E-state index in [-0.39, 0.29) is 31.1 Å². The number of unbranched alkanes of at least 4 members (excludes halogenated alkanes) is 37. The fourth-order valence-electron chi connectivity index (χ4n) is 8.87. The highest BCUT2D eigenvalue weighted by Gasteiger charge is 2.19. The molecule has 0 saturated heterocycles. The molecule has 0 aliphatic rings. The maximum atomic E-state index is 12.8. The smallest absolute Gasteiger partial charge is 0.306 e. The lowest BCUT2D eigenvalue weighted by Crippen LogP contribution is -2.30. The van der Waals surface area contributed by atoms with E-state index in [1.54, 1.807) is 0 Å². The van der Waals surface area contributed by atoms with Gasteiger partial charge >= 0.3 is 17.9 Å². The SMILES string of the molecule is CCCCCCCCCCCCCCCC(=O)OC[C@@H](COC(=O)CCCCCCCCCCCC(C)C)OC(=O)CCCCCCCCCCCCCCCCCCCCC(C)C. The molecule has 0 unspecified atom stereocenters. The molecule has 0 aliphatic heterocycles. The summed E-state index contributed by atoms with van der Waals surface area (Å²) in [5, 5.41) is 0. The number of esters is 3. The molecule has 0 radical (unpaired) electrons. The molecule has 0 N–H and O–H groups in total. The highest BCUT2D eigenvalue weighted by molar-refractivity contribution is 5.71. The van der Waals surface area contributed by atoms with Crippen LogP contribution in [0.5, 0.6) is 0 Å². The number of hydrogen-bond donors (Lipinski definition) is 0. The molecular formula is C58H112O6. The van der Waals surface area contributed by atoms with Crippen LogP contribution in [0.2, 0.25) is 0 Å². The van der Waals surface area contributed by atoms with Gasteiger partial charge in [0.25, 0.3) is 0 Å². The van der Waals surface area contributed by atoms with Crippen molar-refractivity contribution in [1.29, 1.82) is 0 Å². The molecule has 0 saturated carbocycles. The normalized spacial score (nSPS) is 12.0. The summed E-state index contributed by atoms with van der Waals surface area (Å²) in [5.74, 6) is 0.825. The van der Waals surface area contributed by atoms with Crippen molar-refractivity contribution in [3.8, 4) is 0 Å². The fraction of sp³-hybridized carbons (Fsp3) is 0.948. The number of rotatable bonds is 52. The van der Waals surface area contributed by atoms with E-state index in [1.165, 1.54) is 212 Å². The van der Waals surface area contributed by atoms with Crippen molar-refractivity contribution >= 4 is 17.9 Å². The zero-order valence-electron chi connectivity index (χ0n) is 43.9. The molecule has 0 fully saturated rings. The van der Waals surface area contributed by atoms with E-state index in [0.29, 0.717) is 19.3 Å². The highest BCUT2D eigenvalue weighted by Crippen LogP contribution is 2.18. The first-order chi connectivity index (χ1) is 31.2. The van der Waals surface area contributed by atoms with E-state index >= 15 is 0 Å². The van der Waals surface area contributed by atoms with Crippen LogP contribution < -0.4 is 0 Å². The molecule has 380 valence electrons. The van der Waals surface area contributed by atoms with Crippen molar-refractivity contribution in [2.24, 2.45) is 11.8 Å². The van der Waals surface area contributed by atoms with Gasteiger partial charge in [-0.15, -0.1) is 0 Å². The van der Waals surface area contributed by atoms with Crippen LogP contribution in [0.4, 0.5) is 0 Å². The van der Waals surface area contributed by atoms with Gasteiger partial charge in [-0.05, 0) is 31.1 Å². The van der Waals surface area contributed by atoms with Gasteiger partial charge < -0.3 is 14.2 Å². The number of hydrogen-bond acceptors (Lipinski definition) is 6. The molecule has 64 heavy (non-hydrogen) atoms. The fourth-order valence-corrected chi connectivity index (χ4v) is 8.87. The standard InChI is InChI=1S/C58H112O6/c1-6-7-8-9-10-11-12-19-23-28-33-38-43-48-56(59)62-51-55(52-63-57(60)49-44-39-34-30-25-27-32-37-42-47-54(4)5)64-58(61)50-45-40-35-29-24-21-18-16-14-13-15-17-20-22-26-31-36-41-46-53(2)3/h53-55H,6-52H2,1-5H3/t55-/m0/s1. The molecule has 0 bridgehead atoms. The predicted octanol–water partition coefficient (Wildman–Crippen LogP) is 18.9. The molecule has 6 heteroatoms. The summed E-state index contributed by atoms with van der Waals surface area (Å²) in [7, 11) is 0. The zero-order chi connectivity index (χ0) is 46.8. The molecule has 0 amide bonds. The largest absolute Gasteiger partial charge is 0.462 e. The van der Waals surface area contributed by atoms with Gasteiger partial charge in [-0.3, -0.25) is 14.4 Å². The van der Waals surface area contributed by atoms with Crippen LogP contribution in [-0.4, -0.2) is 37.2 Å². The summed E-state index contributed by atoms with van der Waals surface area (Å²) in [6.45, 7) is 11.4. The summed E-state index contributed by atoms with van der Waals surface area (Å²) >= 11 is 0. The summed E-state index contributed by atoms with van der Waals surface area (Å²) < 4.78 is 16.9. The van der Waals surface area contributed by atoms with Crippen LogP contribution in [-0.2, 0) is 28.6 Å². The average Bonchev–Trinajstić information content (AvgIpc) is 3.27.